The van der Waals surface area contributed by atoms with Gasteiger partial charge in [-0.15, -0.1) is 0 Å². The van der Waals surface area contributed by atoms with E-state index < -0.39 is 0 Å². The molecule has 16 heavy (non-hydrogen) atoms. The lowest BCUT2D eigenvalue weighted by atomic mass is 10.2. The maximum atomic E-state index is 10.9. The van der Waals surface area contributed by atoms with Crippen molar-refractivity contribution in [2.75, 3.05) is 26.2 Å². The van der Waals surface area contributed by atoms with Crippen LogP contribution in [0.2, 0.25) is 0 Å². The fourth-order valence-electron chi connectivity index (χ4n) is 1.04. The second-order valence-corrected chi connectivity index (χ2v) is 3.34. The molecule has 0 bridgehead atoms. The molecule has 2 N–H and O–H groups in total. The van der Waals surface area contributed by atoms with Crippen molar-refractivity contribution >= 4 is 5.97 Å². The summed E-state index contributed by atoms with van der Waals surface area (Å²) in [5.74, 6) is -0.114. The molecule has 1 rings (SSSR count). The Morgan fingerprint density at radius 3 is 2.50 bits per heavy atom. The molecule has 0 aliphatic carbocycles. The van der Waals surface area contributed by atoms with Gasteiger partial charge >= 0.3 is 5.97 Å². The third kappa shape index (κ3) is 8.20. The van der Waals surface area contributed by atoms with Gasteiger partial charge in [-0.3, -0.25) is 4.79 Å². The zero-order chi connectivity index (χ0) is 12.2. The van der Waals surface area contributed by atoms with E-state index in [1.807, 2.05) is 6.92 Å². The number of carbonyl (C=O) groups excluding carboxylic acids is 1. The van der Waals surface area contributed by atoms with E-state index in [9.17, 15) is 4.79 Å². The van der Waals surface area contributed by atoms with Crippen molar-refractivity contribution in [2.45, 2.75) is 19.4 Å². The van der Waals surface area contributed by atoms with Crippen molar-refractivity contribution in [3.05, 3.63) is 25.3 Å². The van der Waals surface area contributed by atoms with Crippen LogP contribution in [0.15, 0.2) is 25.3 Å². The molecule has 1 saturated heterocycles. The average molecular weight is 226 g/mol. The topological polar surface area (TPSA) is 50.4 Å². The number of nitrogens with one attached hydrogen (secondary N) is 2. The van der Waals surface area contributed by atoms with E-state index in [-0.39, 0.29) is 5.97 Å². The Balaban J connectivity index is 0.000000487. The maximum absolute atomic E-state index is 10.9. The van der Waals surface area contributed by atoms with Gasteiger partial charge in [0.1, 0.15) is 0 Å². The van der Waals surface area contributed by atoms with Crippen molar-refractivity contribution in [2.24, 2.45) is 0 Å². The summed E-state index contributed by atoms with van der Waals surface area (Å²) in [4.78, 5) is 10.9. The van der Waals surface area contributed by atoms with Gasteiger partial charge in [0.25, 0.3) is 0 Å². The fourth-order valence-corrected chi connectivity index (χ4v) is 1.04. The molecule has 1 fully saturated rings. The summed E-state index contributed by atoms with van der Waals surface area (Å²) in [7, 11) is 0. The SMILES string of the molecule is C=CC=C.CCOC(=O)CCNC1CNC1. The van der Waals surface area contributed by atoms with E-state index in [0.717, 1.165) is 19.6 Å². The number of rotatable bonds is 6. The van der Waals surface area contributed by atoms with Crippen LogP contribution in [0.4, 0.5) is 0 Å². The highest BCUT2D eigenvalue weighted by atomic mass is 16.5. The number of esters is 1. The van der Waals surface area contributed by atoms with Crippen molar-refractivity contribution in [1.29, 1.82) is 0 Å². The molecule has 92 valence electrons. The number of carbonyl (C=O) groups is 1. The molecule has 1 aliphatic rings. The number of hydrogen-bond acceptors (Lipinski definition) is 4. The largest absolute Gasteiger partial charge is 0.466 e. The van der Waals surface area contributed by atoms with E-state index in [1.54, 1.807) is 12.2 Å². The average Bonchev–Trinajstić information content (AvgIpc) is 2.22. The van der Waals surface area contributed by atoms with Crippen molar-refractivity contribution < 1.29 is 9.53 Å². The molecule has 0 aromatic heterocycles. The van der Waals surface area contributed by atoms with Crippen LogP contribution >= 0.6 is 0 Å². The second-order valence-electron chi connectivity index (χ2n) is 3.34. The predicted octanol–water partition coefficient (Wildman–Crippen LogP) is 0.859. The lowest BCUT2D eigenvalue weighted by Crippen LogP contribution is -2.55. The van der Waals surface area contributed by atoms with Gasteiger partial charge < -0.3 is 15.4 Å². The lowest BCUT2D eigenvalue weighted by molar-refractivity contribution is -0.143. The first kappa shape index (κ1) is 14.9. The van der Waals surface area contributed by atoms with Gasteiger partial charge in [0.2, 0.25) is 0 Å². The summed E-state index contributed by atoms with van der Waals surface area (Å²) in [5.41, 5.74) is 0. The Morgan fingerprint density at radius 2 is 2.12 bits per heavy atom. The van der Waals surface area contributed by atoms with E-state index in [2.05, 4.69) is 23.8 Å². The van der Waals surface area contributed by atoms with Gasteiger partial charge in [-0.05, 0) is 6.92 Å². The van der Waals surface area contributed by atoms with E-state index in [1.165, 1.54) is 0 Å². The summed E-state index contributed by atoms with van der Waals surface area (Å²) in [6, 6.07) is 0.555. The van der Waals surface area contributed by atoms with Crippen LogP contribution in [0.3, 0.4) is 0 Å². The first-order valence-electron chi connectivity index (χ1n) is 5.57. The highest BCUT2D eigenvalue weighted by Gasteiger charge is 2.15. The minimum Gasteiger partial charge on any atom is -0.466 e. The van der Waals surface area contributed by atoms with Gasteiger partial charge in [-0.2, -0.15) is 0 Å². The molecule has 0 amide bonds. The van der Waals surface area contributed by atoms with Crippen molar-refractivity contribution in [1.82, 2.24) is 10.6 Å². The van der Waals surface area contributed by atoms with E-state index >= 15 is 0 Å². The zero-order valence-corrected chi connectivity index (χ0v) is 10.00. The fraction of sp³-hybridized carbons (Fsp3) is 0.583. The molecule has 0 atom stereocenters. The third-order valence-corrected chi connectivity index (χ3v) is 2.02. The number of hydrogen-bond donors (Lipinski definition) is 2. The molecular formula is C12H22N2O2. The van der Waals surface area contributed by atoms with E-state index in [0.29, 0.717) is 19.1 Å². The van der Waals surface area contributed by atoms with Crippen LogP contribution in [0.1, 0.15) is 13.3 Å². The van der Waals surface area contributed by atoms with Gasteiger partial charge in [0, 0.05) is 25.7 Å². The molecule has 0 unspecified atom stereocenters. The van der Waals surface area contributed by atoms with Crippen molar-refractivity contribution in [3.8, 4) is 0 Å². The molecule has 0 radical (unpaired) electrons. The minimum atomic E-state index is -0.114. The second kappa shape index (κ2) is 10.4. The Kier molecular flexibility index (Phi) is 9.66. The summed E-state index contributed by atoms with van der Waals surface area (Å²) >= 11 is 0. The Bertz CT molecular complexity index is 207. The van der Waals surface area contributed by atoms with Gasteiger partial charge in [-0.1, -0.05) is 25.3 Å². The normalized spacial score (nSPS) is 14.1. The Morgan fingerprint density at radius 1 is 1.50 bits per heavy atom. The van der Waals surface area contributed by atoms with Crippen LogP contribution in [-0.4, -0.2) is 38.3 Å². The quantitative estimate of drug-likeness (QED) is 0.521. The summed E-state index contributed by atoms with van der Waals surface area (Å²) in [6.45, 7) is 11.8. The zero-order valence-electron chi connectivity index (χ0n) is 10.00. The molecule has 0 saturated carbocycles. The van der Waals surface area contributed by atoms with E-state index in [4.69, 9.17) is 4.74 Å². The van der Waals surface area contributed by atoms with Crippen LogP contribution in [-0.2, 0) is 9.53 Å². The van der Waals surface area contributed by atoms with Crippen LogP contribution in [0.5, 0.6) is 0 Å². The highest BCUT2D eigenvalue weighted by molar-refractivity contribution is 5.69. The molecular weight excluding hydrogens is 204 g/mol. The maximum Gasteiger partial charge on any atom is 0.307 e. The summed E-state index contributed by atoms with van der Waals surface area (Å²) in [5, 5.41) is 6.39. The predicted molar refractivity (Wildman–Crippen MR) is 66.3 cm³/mol. The molecule has 4 heteroatoms. The van der Waals surface area contributed by atoms with Gasteiger partial charge in [-0.25, -0.2) is 0 Å². The standard InChI is InChI=1S/C8H16N2O2.C4H6/c1-2-12-8(11)3-4-10-7-5-9-6-7;1-3-4-2/h7,9-10H,2-6H2,1H3;3-4H,1-2H2. The van der Waals surface area contributed by atoms with Crippen LogP contribution in [0.25, 0.3) is 0 Å². The molecule has 0 aromatic carbocycles. The summed E-state index contributed by atoms with van der Waals surface area (Å²) < 4.78 is 4.78. The Labute approximate surface area is 97.7 Å². The third-order valence-electron chi connectivity index (χ3n) is 2.02. The smallest absolute Gasteiger partial charge is 0.307 e. The minimum absolute atomic E-state index is 0.114. The van der Waals surface area contributed by atoms with Gasteiger partial charge in [0.15, 0.2) is 0 Å². The molecule has 0 spiro atoms. The van der Waals surface area contributed by atoms with Crippen LogP contribution in [0, 0.1) is 0 Å². The van der Waals surface area contributed by atoms with Crippen molar-refractivity contribution in [3.63, 3.8) is 0 Å². The highest BCUT2D eigenvalue weighted by Crippen LogP contribution is 1.91. The molecule has 0 aromatic rings. The summed E-state index contributed by atoms with van der Waals surface area (Å²) in [6.07, 6.45) is 3.75. The number of ether oxygens (including phenoxy) is 1. The van der Waals surface area contributed by atoms with Crippen LogP contribution < -0.4 is 10.6 Å². The van der Waals surface area contributed by atoms with Gasteiger partial charge in [0.05, 0.1) is 13.0 Å². The molecule has 1 heterocycles. The molecule has 1 aliphatic heterocycles. The monoisotopic (exact) mass is 226 g/mol. The number of allylic oxidation sites excluding steroid dienone is 2. The first-order valence-corrected chi connectivity index (χ1v) is 5.57. The first-order chi connectivity index (χ1) is 7.74. The lowest BCUT2D eigenvalue weighted by Gasteiger charge is -2.27. The Hall–Kier alpha value is -1.13. The molecule has 4 nitrogen and oxygen atoms in total.